The van der Waals surface area contributed by atoms with Gasteiger partial charge in [-0.2, -0.15) is 0 Å². The number of pyridine rings is 1. The number of H-pyrrole nitrogens is 1. The van der Waals surface area contributed by atoms with Gasteiger partial charge in [0.25, 0.3) is 5.56 Å². The first kappa shape index (κ1) is 18.3. The van der Waals surface area contributed by atoms with Crippen LogP contribution in [0.4, 0.5) is 0 Å². The van der Waals surface area contributed by atoms with E-state index in [0.717, 1.165) is 16.5 Å². The Hall–Kier alpha value is -3.06. The van der Waals surface area contributed by atoms with Gasteiger partial charge in [-0.3, -0.25) is 4.79 Å². The number of thiocarbonyl (C=S) groups is 1. The van der Waals surface area contributed by atoms with Gasteiger partial charge in [0.1, 0.15) is 13.2 Å². The predicted molar refractivity (Wildman–Crippen MR) is 113 cm³/mol. The Morgan fingerprint density at radius 3 is 2.54 bits per heavy atom. The van der Waals surface area contributed by atoms with Crippen LogP contribution in [0.5, 0.6) is 11.5 Å². The lowest BCUT2D eigenvalue weighted by molar-refractivity contribution is 0.172. The van der Waals surface area contributed by atoms with Gasteiger partial charge in [0.15, 0.2) is 16.6 Å². The number of fused-ring (bicyclic) bond motifs is 2. The number of nitrogens with one attached hydrogen (secondary N) is 2. The van der Waals surface area contributed by atoms with E-state index in [0.29, 0.717) is 48.5 Å². The van der Waals surface area contributed by atoms with Crippen molar-refractivity contribution < 1.29 is 9.47 Å². The standard InChI is InChI=1S/C21H21N3O3S/c1-22-21(28)24(12-14-5-3-2-4-6-14)13-16-9-15-10-18-19(27-8-7-26-18)11-17(15)23-20(16)25/h2-6,9-11H,7-8,12-13H2,1H3,(H,22,28)(H,23,25). The normalized spacial score (nSPS) is 12.6. The van der Waals surface area contributed by atoms with Crippen LogP contribution in [0.15, 0.2) is 53.3 Å². The molecule has 3 aromatic rings. The Morgan fingerprint density at radius 1 is 1.11 bits per heavy atom. The van der Waals surface area contributed by atoms with Gasteiger partial charge < -0.3 is 24.7 Å². The number of hydrogen-bond donors (Lipinski definition) is 2. The first-order valence-corrected chi connectivity index (χ1v) is 9.51. The zero-order valence-corrected chi connectivity index (χ0v) is 16.3. The summed E-state index contributed by atoms with van der Waals surface area (Å²) in [5.74, 6) is 1.35. The number of ether oxygens (including phenoxy) is 2. The maximum absolute atomic E-state index is 12.7. The zero-order chi connectivity index (χ0) is 19.5. The van der Waals surface area contributed by atoms with E-state index >= 15 is 0 Å². The van der Waals surface area contributed by atoms with Crippen LogP contribution in [0.2, 0.25) is 0 Å². The smallest absolute Gasteiger partial charge is 0.253 e. The Labute approximate surface area is 168 Å². The summed E-state index contributed by atoms with van der Waals surface area (Å²) in [5.41, 5.74) is 2.35. The molecule has 2 heterocycles. The monoisotopic (exact) mass is 395 g/mol. The third-order valence-electron chi connectivity index (χ3n) is 4.66. The molecule has 2 N–H and O–H groups in total. The minimum absolute atomic E-state index is 0.138. The minimum Gasteiger partial charge on any atom is -0.486 e. The Morgan fingerprint density at radius 2 is 1.82 bits per heavy atom. The highest BCUT2D eigenvalue weighted by Crippen LogP contribution is 2.33. The number of nitrogens with zero attached hydrogens (tertiary/aromatic N) is 1. The second-order valence-corrected chi connectivity index (χ2v) is 6.99. The largest absolute Gasteiger partial charge is 0.486 e. The van der Waals surface area contributed by atoms with Gasteiger partial charge in [-0.15, -0.1) is 0 Å². The van der Waals surface area contributed by atoms with E-state index in [2.05, 4.69) is 10.3 Å². The highest BCUT2D eigenvalue weighted by molar-refractivity contribution is 7.80. The van der Waals surface area contributed by atoms with E-state index in [4.69, 9.17) is 21.7 Å². The molecule has 0 bridgehead atoms. The second-order valence-electron chi connectivity index (χ2n) is 6.60. The molecule has 144 valence electrons. The molecule has 0 aliphatic carbocycles. The summed E-state index contributed by atoms with van der Waals surface area (Å²) in [6, 6.07) is 15.6. The van der Waals surface area contributed by atoms with E-state index < -0.39 is 0 Å². The summed E-state index contributed by atoms with van der Waals surface area (Å²) in [7, 11) is 1.79. The van der Waals surface area contributed by atoms with Crippen molar-refractivity contribution in [2.24, 2.45) is 0 Å². The van der Waals surface area contributed by atoms with Crippen LogP contribution in [0.3, 0.4) is 0 Å². The van der Waals surface area contributed by atoms with Crippen LogP contribution >= 0.6 is 12.2 Å². The van der Waals surface area contributed by atoms with Crippen LogP contribution in [-0.4, -0.2) is 35.3 Å². The number of aromatic amines is 1. The first-order chi connectivity index (χ1) is 13.6. The van der Waals surface area contributed by atoms with Crippen molar-refractivity contribution in [3.05, 3.63) is 70.0 Å². The molecular weight excluding hydrogens is 374 g/mol. The van der Waals surface area contributed by atoms with Gasteiger partial charge in [-0.1, -0.05) is 30.3 Å². The highest BCUT2D eigenvalue weighted by atomic mass is 32.1. The van der Waals surface area contributed by atoms with E-state index in [-0.39, 0.29) is 5.56 Å². The van der Waals surface area contributed by atoms with Gasteiger partial charge in [-0.25, -0.2) is 0 Å². The summed E-state index contributed by atoms with van der Waals surface area (Å²) in [6.07, 6.45) is 0. The fourth-order valence-corrected chi connectivity index (χ4v) is 3.40. The molecule has 0 unspecified atom stereocenters. The van der Waals surface area contributed by atoms with Crippen LogP contribution in [0.25, 0.3) is 10.9 Å². The van der Waals surface area contributed by atoms with Crippen molar-refractivity contribution in [2.45, 2.75) is 13.1 Å². The maximum atomic E-state index is 12.7. The van der Waals surface area contributed by atoms with Gasteiger partial charge in [0.05, 0.1) is 12.1 Å². The fourth-order valence-electron chi connectivity index (χ4n) is 3.27. The Balaban J connectivity index is 1.67. The van der Waals surface area contributed by atoms with E-state index in [9.17, 15) is 4.79 Å². The lowest BCUT2D eigenvalue weighted by Gasteiger charge is -2.25. The van der Waals surface area contributed by atoms with Crippen molar-refractivity contribution in [3.63, 3.8) is 0 Å². The molecule has 0 atom stereocenters. The van der Waals surface area contributed by atoms with Gasteiger partial charge >= 0.3 is 0 Å². The summed E-state index contributed by atoms with van der Waals surface area (Å²) in [5, 5.41) is 4.50. The van der Waals surface area contributed by atoms with E-state index in [1.54, 1.807) is 7.05 Å². The minimum atomic E-state index is -0.138. The quantitative estimate of drug-likeness (QED) is 0.663. The van der Waals surface area contributed by atoms with E-state index in [1.807, 2.05) is 53.4 Å². The van der Waals surface area contributed by atoms with Crippen molar-refractivity contribution in [2.75, 3.05) is 20.3 Å². The third-order valence-corrected chi connectivity index (χ3v) is 5.12. The SMILES string of the molecule is CNC(=S)N(Cc1ccccc1)Cc1cc2cc3c(cc2[nH]c1=O)OCCO3. The highest BCUT2D eigenvalue weighted by Gasteiger charge is 2.16. The Kier molecular flexibility index (Phi) is 5.16. The van der Waals surface area contributed by atoms with Crippen molar-refractivity contribution in [1.82, 2.24) is 15.2 Å². The molecule has 0 fully saturated rings. The number of hydrogen-bond acceptors (Lipinski definition) is 4. The van der Waals surface area contributed by atoms with Gasteiger partial charge in [0, 0.05) is 30.6 Å². The zero-order valence-electron chi connectivity index (χ0n) is 15.5. The summed E-state index contributed by atoms with van der Waals surface area (Å²) in [6.45, 7) is 2.04. The maximum Gasteiger partial charge on any atom is 0.253 e. The molecular formula is C21H21N3O3S. The fraction of sp³-hybridized carbons (Fsp3) is 0.238. The van der Waals surface area contributed by atoms with E-state index in [1.165, 1.54) is 0 Å². The second kappa shape index (κ2) is 7.90. The van der Waals surface area contributed by atoms with Gasteiger partial charge in [0.2, 0.25) is 0 Å². The lowest BCUT2D eigenvalue weighted by Crippen LogP contribution is -2.38. The third kappa shape index (κ3) is 3.80. The van der Waals surface area contributed by atoms with Crippen molar-refractivity contribution in [3.8, 4) is 11.5 Å². The predicted octanol–water partition coefficient (Wildman–Crippen LogP) is 2.81. The van der Waals surface area contributed by atoms with Crippen molar-refractivity contribution in [1.29, 1.82) is 0 Å². The topological polar surface area (TPSA) is 66.6 Å². The van der Waals surface area contributed by atoms with Crippen LogP contribution in [0.1, 0.15) is 11.1 Å². The molecule has 0 spiro atoms. The summed E-state index contributed by atoms with van der Waals surface area (Å²) in [4.78, 5) is 17.6. The Bertz CT molecular complexity index is 1070. The molecule has 28 heavy (non-hydrogen) atoms. The molecule has 0 amide bonds. The number of rotatable bonds is 4. The van der Waals surface area contributed by atoms with Crippen LogP contribution < -0.4 is 20.3 Å². The van der Waals surface area contributed by atoms with Crippen LogP contribution in [-0.2, 0) is 13.1 Å². The first-order valence-electron chi connectivity index (χ1n) is 9.10. The molecule has 1 aliphatic heterocycles. The lowest BCUT2D eigenvalue weighted by atomic mass is 10.1. The molecule has 7 heteroatoms. The number of aromatic nitrogens is 1. The average Bonchev–Trinajstić information content (AvgIpc) is 2.72. The molecule has 0 saturated heterocycles. The average molecular weight is 395 g/mol. The van der Waals surface area contributed by atoms with Crippen LogP contribution in [0, 0.1) is 0 Å². The molecule has 2 aromatic carbocycles. The molecule has 0 radical (unpaired) electrons. The molecule has 1 aliphatic rings. The molecule has 6 nitrogen and oxygen atoms in total. The van der Waals surface area contributed by atoms with Gasteiger partial charge in [-0.05, 0) is 29.9 Å². The van der Waals surface area contributed by atoms with Crippen molar-refractivity contribution >= 4 is 28.2 Å². The molecule has 0 saturated carbocycles. The summed E-state index contributed by atoms with van der Waals surface area (Å²) >= 11 is 5.46. The number of benzene rings is 2. The molecule has 4 rings (SSSR count). The molecule has 1 aromatic heterocycles. The summed E-state index contributed by atoms with van der Waals surface area (Å²) < 4.78 is 11.3.